The Labute approximate surface area is 170 Å². The van der Waals surface area contributed by atoms with Crippen molar-refractivity contribution in [1.29, 1.82) is 0 Å². The van der Waals surface area contributed by atoms with Crippen LogP contribution in [0.5, 0.6) is 0 Å². The molecule has 2 heterocycles. The maximum Gasteiger partial charge on any atom is 0.249 e. The van der Waals surface area contributed by atoms with Crippen LogP contribution in [0, 0.1) is 13.8 Å². The monoisotopic (exact) mass is 394 g/mol. The molecule has 0 saturated carbocycles. The summed E-state index contributed by atoms with van der Waals surface area (Å²) in [5.41, 5.74) is 4.77. The number of rotatable bonds is 4. The number of hydrogen-bond donors (Lipinski definition) is 1. The zero-order valence-corrected chi connectivity index (χ0v) is 16.8. The molecular weight excluding hydrogens is 372 g/mol. The number of anilines is 4. The van der Waals surface area contributed by atoms with Crippen LogP contribution in [-0.2, 0) is 0 Å². The number of nitrogens with one attached hydrogen (secondary N) is 1. The van der Waals surface area contributed by atoms with Gasteiger partial charge in [0.2, 0.25) is 5.95 Å². The Kier molecular flexibility index (Phi) is 5.30. The topological polar surface area (TPSA) is 57.2 Å². The number of piperazine rings is 1. The van der Waals surface area contributed by atoms with E-state index in [2.05, 4.69) is 62.3 Å². The Hall–Kier alpha value is -2.86. The number of benzene rings is 2. The first-order chi connectivity index (χ1) is 13.6. The molecule has 6 nitrogen and oxygen atoms in total. The molecule has 3 aromatic rings. The maximum absolute atomic E-state index is 6.21. The molecule has 1 N–H and O–H groups in total. The number of nitrogens with zero attached hydrogens (tertiary/aromatic N) is 5. The lowest BCUT2D eigenvalue weighted by atomic mass is 10.1. The van der Waals surface area contributed by atoms with Crippen LogP contribution in [0.15, 0.2) is 48.7 Å². The Morgan fingerprint density at radius 3 is 2.46 bits per heavy atom. The highest BCUT2D eigenvalue weighted by molar-refractivity contribution is 6.33. The molecule has 7 heteroatoms. The average molecular weight is 395 g/mol. The van der Waals surface area contributed by atoms with Crippen LogP contribution in [0.25, 0.3) is 0 Å². The zero-order chi connectivity index (χ0) is 19.5. The second kappa shape index (κ2) is 8.02. The van der Waals surface area contributed by atoms with E-state index >= 15 is 0 Å². The summed E-state index contributed by atoms with van der Waals surface area (Å²) >= 11 is 6.21. The fraction of sp³-hybridized carbons (Fsp3) is 0.286. The van der Waals surface area contributed by atoms with Crippen molar-refractivity contribution in [3.05, 3.63) is 64.8 Å². The molecule has 4 rings (SSSR count). The third-order valence-electron chi connectivity index (χ3n) is 5.19. The van der Waals surface area contributed by atoms with E-state index < -0.39 is 0 Å². The number of aromatic nitrogens is 3. The van der Waals surface area contributed by atoms with Crippen molar-refractivity contribution < 1.29 is 0 Å². The van der Waals surface area contributed by atoms with E-state index in [1.165, 1.54) is 16.8 Å². The molecule has 1 aromatic heterocycles. The summed E-state index contributed by atoms with van der Waals surface area (Å²) in [6.07, 6.45) is 1.71. The minimum absolute atomic E-state index is 0.447. The maximum atomic E-state index is 6.21. The summed E-state index contributed by atoms with van der Waals surface area (Å²) in [4.78, 5) is 9.31. The first-order valence-electron chi connectivity index (χ1n) is 9.39. The fourth-order valence-electron chi connectivity index (χ4n) is 3.44. The SMILES string of the molecule is Cc1cccc(N2CCN(c3cnnc(Nc4ccccc4Cl)n3)CC2)c1C. The highest BCUT2D eigenvalue weighted by Gasteiger charge is 2.20. The number of para-hydroxylation sites is 1. The summed E-state index contributed by atoms with van der Waals surface area (Å²) in [5, 5.41) is 12.0. The molecule has 144 valence electrons. The van der Waals surface area contributed by atoms with E-state index in [-0.39, 0.29) is 0 Å². The Balaban J connectivity index is 1.45. The summed E-state index contributed by atoms with van der Waals surface area (Å²) in [7, 11) is 0. The van der Waals surface area contributed by atoms with Gasteiger partial charge in [-0.1, -0.05) is 35.9 Å². The van der Waals surface area contributed by atoms with Gasteiger partial charge in [-0.15, -0.1) is 5.10 Å². The van der Waals surface area contributed by atoms with Gasteiger partial charge < -0.3 is 15.1 Å². The fourth-order valence-corrected chi connectivity index (χ4v) is 3.62. The Bertz CT molecular complexity index is 969. The van der Waals surface area contributed by atoms with Crippen molar-refractivity contribution in [3.8, 4) is 0 Å². The third kappa shape index (κ3) is 3.87. The molecule has 1 aliphatic rings. The van der Waals surface area contributed by atoms with Gasteiger partial charge in [0.25, 0.3) is 0 Å². The molecular formula is C21H23ClN6. The second-order valence-electron chi connectivity index (χ2n) is 6.94. The molecule has 1 saturated heterocycles. The van der Waals surface area contributed by atoms with Gasteiger partial charge in [-0.25, -0.2) is 0 Å². The van der Waals surface area contributed by atoms with Crippen molar-refractivity contribution in [2.75, 3.05) is 41.3 Å². The Morgan fingerprint density at radius 2 is 1.68 bits per heavy atom. The molecule has 28 heavy (non-hydrogen) atoms. The van der Waals surface area contributed by atoms with E-state index in [1.807, 2.05) is 24.3 Å². The second-order valence-corrected chi connectivity index (χ2v) is 7.34. The predicted octanol–water partition coefficient (Wildman–Crippen LogP) is 4.21. The standard InChI is InChI=1S/C21H23ClN6/c1-15-6-5-9-19(16(15)2)27-10-12-28(13-11-27)20-14-23-26-21(25-20)24-18-8-4-3-7-17(18)22/h3-9,14H,10-13H2,1-2H3,(H,24,25,26). The summed E-state index contributed by atoms with van der Waals surface area (Å²) < 4.78 is 0. The van der Waals surface area contributed by atoms with Crippen LogP contribution in [0.3, 0.4) is 0 Å². The molecule has 2 aromatic carbocycles. The van der Waals surface area contributed by atoms with Crippen molar-refractivity contribution >= 4 is 34.7 Å². The lowest BCUT2D eigenvalue weighted by molar-refractivity contribution is 0.643. The van der Waals surface area contributed by atoms with E-state index in [0.29, 0.717) is 11.0 Å². The van der Waals surface area contributed by atoms with E-state index in [9.17, 15) is 0 Å². The zero-order valence-electron chi connectivity index (χ0n) is 16.1. The predicted molar refractivity (Wildman–Crippen MR) is 115 cm³/mol. The van der Waals surface area contributed by atoms with Crippen LogP contribution < -0.4 is 15.1 Å². The summed E-state index contributed by atoms with van der Waals surface area (Å²) in [6.45, 7) is 8.02. The van der Waals surface area contributed by atoms with Gasteiger partial charge >= 0.3 is 0 Å². The first kappa shape index (κ1) is 18.5. The van der Waals surface area contributed by atoms with E-state index in [0.717, 1.165) is 37.7 Å². The lowest BCUT2D eigenvalue weighted by Gasteiger charge is -2.37. The van der Waals surface area contributed by atoms with Crippen molar-refractivity contribution in [1.82, 2.24) is 15.2 Å². The summed E-state index contributed by atoms with van der Waals surface area (Å²) in [6, 6.07) is 14.0. The molecule has 0 bridgehead atoms. The quantitative estimate of drug-likeness (QED) is 0.715. The molecule has 0 aliphatic carbocycles. The van der Waals surface area contributed by atoms with Gasteiger partial charge in [0.05, 0.1) is 16.9 Å². The van der Waals surface area contributed by atoms with Gasteiger partial charge in [0.1, 0.15) is 0 Å². The number of halogens is 1. The van der Waals surface area contributed by atoms with Crippen LogP contribution >= 0.6 is 11.6 Å². The molecule has 0 radical (unpaired) electrons. The molecule has 0 amide bonds. The van der Waals surface area contributed by atoms with Crippen molar-refractivity contribution in [2.45, 2.75) is 13.8 Å². The largest absolute Gasteiger partial charge is 0.368 e. The highest BCUT2D eigenvalue weighted by atomic mass is 35.5. The van der Waals surface area contributed by atoms with Gasteiger partial charge in [-0.05, 0) is 43.2 Å². The third-order valence-corrected chi connectivity index (χ3v) is 5.52. The average Bonchev–Trinajstić information content (AvgIpc) is 2.72. The number of hydrogen-bond acceptors (Lipinski definition) is 6. The van der Waals surface area contributed by atoms with Gasteiger partial charge in [0, 0.05) is 31.9 Å². The molecule has 0 atom stereocenters. The summed E-state index contributed by atoms with van der Waals surface area (Å²) in [5.74, 6) is 1.27. The normalized spacial score (nSPS) is 14.2. The minimum atomic E-state index is 0.447. The van der Waals surface area contributed by atoms with Crippen LogP contribution in [0.2, 0.25) is 5.02 Å². The van der Waals surface area contributed by atoms with Gasteiger partial charge in [-0.2, -0.15) is 10.1 Å². The lowest BCUT2D eigenvalue weighted by Crippen LogP contribution is -2.47. The van der Waals surface area contributed by atoms with Crippen LogP contribution in [0.1, 0.15) is 11.1 Å². The molecule has 0 unspecified atom stereocenters. The van der Waals surface area contributed by atoms with Gasteiger partial charge in [0.15, 0.2) is 5.82 Å². The molecule has 1 fully saturated rings. The smallest absolute Gasteiger partial charge is 0.249 e. The minimum Gasteiger partial charge on any atom is -0.368 e. The van der Waals surface area contributed by atoms with E-state index in [4.69, 9.17) is 11.6 Å². The van der Waals surface area contributed by atoms with E-state index in [1.54, 1.807) is 6.20 Å². The molecule has 0 spiro atoms. The first-order valence-corrected chi connectivity index (χ1v) is 9.77. The highest BCUT2D eigenvalue weighted by Crippen LogP contribution is 2.26. The van der Waals surface area contributed by atoms with Crippen LogP contribution in [-0.4, -0.2) is 41.4 Å². The van der Waals surface area contributed by atoms with Crippen molar-refractivity contribution in [3.63, 3.8) is 0 Å². The van der Waals surface area contributed by atoms with Gasteiger partial charge in [-0.3, -0.25) is 0 Å². The molecule has 1 aliphatic heterocycles. The van der Waals surface area contributed by atoms with Crippen LogP contribution in [0.4, 0.5) is 23.1 Å². The number of aryl methyl sites for hydroxylation is 1. The van der Waals surface area contributed by atoms with Crippen molar-refractivity contribution in [2.24, 2.45) is 0 Å². The Morgan fingerprint density at radius 1 is 0.929 bits per heavy atom.